The van der Waals surface area contributed by atoms with Gasteiger partial charge in [-0.2, -0.15) is 0 Å². The summed E-state index contributed by atoms with van der Waals surface area (Å²) in [7, 11) is 0. The van der Waals surface area contributed by atoms with Crippen LogP contribution in [-0.2, 0) is 19.1 Å². The van der Waals surface area contributed by atoms with E-state index in [-0.39, 0.29) is 37.4 Å². The van der Waals surface area contributed by atoms with E-state index in [4.69, 9.17) is 4.74 Å². The van der Waals surface area contributed by atoms with Gasteiger partial charge in [0, 0.05) is 19.5 Å². The highest BCUT2D eigenvalue weighted by molar-refractivity contribution is 5.81. The summed E-state index contributed by atoms with van der Waals surface area (Å²) in [5.41, 5.74) is 0. The van der Waals surface area contributed by atoms with Crippen LogP contribution in [0.1, 0.15) is 51.9 Å². The molecule has 1 aliphatic carbocycles. The molecule has 1 aliphatic rings. The molecule has 0 aromatic carbocycles. The number of ether oxygens (including phenoxy) is 1. The average Bonchev–Trinajstić information content (AvgIpc) is 2.64. The van der Waals surface area contributed by atoms with Crippen molar-refractivity contribution in [2.24, 2.45) is 0 Å². The molecule has 0 spiro atoms. The molecular formula is C14H24N2O4. The number of carbonyl (C=O) groups excluding carboxylic acids is 3. The molecule has 1 saturated carbocycles. The molecule has 0 radical (unpaired) electrons. The van der Waals surface area contributed by atoms with Gasteiger partial charge in [0.15, 0.2) is 6.61 Å². The second kappa shape index (κ2) is 9.34. The molecule has 6 heteroatoms. The second-order valence-corrected chi connectivity index (χ2v) is 5.15. The summed E-state index contributed by atoms with van der Waals surface area (Å²) in [5, 5.41) is 5.40. The summed E-state index contributed by atoms with van der Waals surface area (Å²) >= 11 is 0. The fourth-order valence-electron chi connectivity index (χ4n) is 2.25. The maximum atomic E-state index is 11.7. The number of hydrogen-bond acceptors (Lipinski definition) is 4. The highest BCUT2D eigenvalue weighted by Crippen LogP contribution is 2.16. The van der Waals surface area contributed by atoms with Crippen molar-refractivity contribution in [1.82, 2.24) is 10.6 Å². The van der Waals surface area contributed by atoms with Gasteiger partial charge in [0.05, 0.1) is 6.42 Å². The Morgan fingerprint density at radius 3 is 2.35 bits per heavy atom. The first-order valence-electron chi connectivity index (χ1n) is 7.27. The van der Waals surface area contributed by atoms with E-state index < -0.39 is 5.97 Å². The van der Waals surface area contributed by atoms with Crippen LogP contribution >= 0.6 is 0 Å². The van der Waals surface area contributed by atoms with E-state index in [1.807, 2.05) is 0 Å². The van der Waals surface area contributed by atoms with Gasteiger partial charge in [-0.15, -0.1) is 0 Å². The van der Waals surface area contributed by atoms with E-state index >= 15 is 0 Å². The molecule has 20 heavy (non-hydrogen) atoms. The molecule has 0 saturated heterocycles. The van der Waals surface area contributed by atoms with Crippen molar-refractivity contribution in [1.29, 1.82) is 0 Å². The maximum absolute atomic E-state index is 11.7. The number of hydrogen-bond donors (Lipinski definition) is 2. The van der Waals surface area contributed by atoms with Crippen LogP contribution in [0, 0.1) is 0 Å². The largest absolute Gasteiger partial charge is 0.456 e. The fraction of sp³-hybridized carbons (Fsp3) is 0.786. The zero-order valence-electron chi connectivity index (χ0n) is 12.1. The zero-order valence-corrected chi connectivity index (χ0v) is 12.1. The normalized spacial score (nSPS) is 16.1. The molecule has 1 rings (SSSR count). The summed E-state index contributed by atoms with van der Waals surface area (Å²) in [6.45, 7) is 1.37. The lowest BCUT2D eigenvalue weighted by Crippen LogP contribution is -2.37. The minimum atomic E-state index is -0.477. The Morgan fingerprint density at radius 2 is 1.75 bits per heavy atom. The number of nitrogens with one attached hydrogen (secondary N) is 2. The van der Waals surface area contributed by atoms with Crippen molar-refractivity contribution in [3.8, 4) is 0 Å². The van der Waals surface area contributed by atoms with Crippen LogP contribution < -0.4 is 10.6 Å². The molecule has 0 heterocycles. The van der Waals surface area contributed by atoms with Gasteiger partial charge < -0.3 is 15.4 Å². The van der Waals surface area contributed by atoms with Gasteiger partial charge in [0.25, 0.3) is 5.91 Å². The number of rotatable bonds is 6. The molecule has 2 N–H and O–H groups in total. The average molecular weight is 284 g/mol. The van der Waals surface area contributed by atoms with Gasteiger partial charge in [-0.25, -0.2) is 0 Å². The minimum absolute atomic E-state index is 0.0797. The Bertz CT molecular complexity index is 336. The van der Waals surface area contributed by atoms with Crippen LogP contribution in [0.2, 0.25) is 0 Å². The molecule has 0 aromatic heterocycles. The van der Waals surface area contributed by atoms with Crippen LogP contribution in [0.5, 0.6) is 0 Å². The fourth-order valence-corrected chi connectivity index (χ4v) is 2.25. The predicted molar refractivity (Wildman–Crippen MR) is 73.9 cm³/mol. The van der Waals surface area contributed by atoms with Crippen molar-refractivity contribution in [3.05, 3.63) is 0 Å². The SMILES string of the molecule is CC(=O)NCCC(=O)OCC(=O)NC1CCCCCC1. The number of esters is 1. The van der Waals surface area contributed by atoms with Gasteiger partial charge in [0.1, 0.15) is 0 Å². The highest BCUT2D eigenvalue weighted by atomic mass is 16.5. The molecule has 0 atom stereocenters. The number of carbonyl (C=O) groups is 3. The smallest absolute Gasteiger partial charge is 0.308 e. The van der Waals surface area contributed by atoms with Crippen LogP contribution in [0.25, 0.3) is 0 Å². The second-order valence-electron chi connectivity index (χ2n) is 5.15. The lowest BCUT2D eigenvalue weighted by molar-refractivity contribution is -0.148. The van der Waals surface area contributed by atoms with Crippen molar-refractivity contribution < 1.29 is 19.1 Å². The summed E-state index contributed by atoms with van der Waals surface area (Å²) in [6.07, 6.45) is 6.82. The van der Waals surface area contributed by atoms with Crippen LogP contribution in [0.3, 0.4) is 0 Å². The lowest BCUT2D eigenvalue weighted by atomic mass is 10.1. The minimum Gasteiger partial charge on any atom is -0.456 e. The van der Waals surface area contributed by atoms with Gasteiger partial charge >= 0.3 is 5.97 Å². The highest BCUT2D eigenvalue weighted by Gasteiger charge is 2.15. The molecule has 0 unspecified atom stereocenters. The molecule has 6 nitrogen and oxygen atoms in total. The quantitative estimate of drug-likeness (QED) is 0.560. The van der Waals surface area contributed by atoms with Crippen molar-refractivity contribution in [2.75, 3.05) is 13.2 Å². The Morgan fingerprint density at radius 1 is 1.10 bits per heavy atom. The first kappa shape index (κ1) is 16.5. The maximum Gasteiger partial charge on any atom is 0.308 e. The van der Waals surface area contributed by atoms with E-state index in [1.54, 1.807) is 0 Å². The topological polar surface area (TPSA) is 84.5 Å². The Balaban J connectivity index is 2.12. The summed E-state index contributed by atoms with van der Waals surface area (Å²) in [6, 6.07) is 0.211. The lowest BCUT2D eigenvalue weighted by Gasteiger charge is -2.16. The van der Waals surface area contributed by atoms with E-state index in [2.05, 4.69) is 10.6 Å². The first-order chi connectivity index (χ1) is 9.58. The predicted octanol–water partition coefficient (Wildman–Crippen LogP) is 0.895. The van der Waals surface area contributed by atoms with Crippen LogP contribution in [0.4, 0.5) is 0 Å². The molecule has 114 valence electrons. The zero-order chi connectivity index (χ0) is 14.8. The molecule has 2 amide bonds. The third-order valence-corrected chi connectivity index (χ3v) is 3.29. The summed E-state index contributed by atoms with van der Waals surface area (Å²) < 4.78 is 4.86. The van der Waals surface area contributed by atoms with E-state index in [9.17, 15) is 14.4 Å². The number of amides is 2. The van der Waals surface area contributed by atoms with Crippen molar-refractivity contribution in [3.63, 3.8) is 0 Å². The Hall–Kier alpha value is -1.59. The summed E-state index contributed by atoms with van der Waals surface area (Å²) in [4.78, 5) is 33.6. The van der Waals surface area contributed by atoms with Gasteiger partial charge in [-0.3, -0.25) is 14.4 Å². The van der Waals surface area contributed by atoms with Gasteiger partial charge in [-0.05, 0) is 12.8 Å². The van der Waals surface area contributed by atoms with Gasteiger partial charge in [0.2, 0.25) is 5.91 Å². The third kappa shape index (κ3) is 7.76. The third-order valence-electron chi connectivity index (χ3n) is 3.29. The molecular weight excluding hydrogens is 260 g/mol. The van der Waals surface area contributed by atoms with Crippen molar-refractivity contribution in [2.45, 2.75) is 57.9 Å². The van der Waals surface area contributed by atoms with E-state index in [1.165, 1.54) is 19.8 Å². The van der Waals surface area contributed by atoms with E-state index in [0.717, 1.165) is 25.7 Å². The van der Waals surface area contributed by atoms with Crippen LogP contribution in [0.15, 0.2) is 0 Å². The molecule has 0 aliphatic heterocycles. The first-order valence-corrected chi connectivity index (χ1v) is 7.27. The standard InChI is InChI=1S/C14H24N2O4/c1-11(17)15-9-8-14(19)20-10-13(18)16-12-6-4-2-3-5-7-12/h12H,2-10H2,1H3,(H,15,17)(H,16,18). The molecule has 0 bridgehead atoms. The van der Waals surface area contributed by atoms with Gasteiger partial charge in [-0.1, -0.05) is 25.7 Å². The molecule has 1 fully saturated rings. The Labute approximate surface area is 119 Å². The Kier molecular flexibility index (Phi) is 7.69. The van der Waals surface area contributed by atoms with Crippen molar-refractivity contribution >= 4 is 17.8 Å². The summed E-state index contributed by atoms with van der Waals surface area (Å²) in [5.74, 6) is -0.913. The van der Waals surface area contributed by atoms with E-state index in [0.29, 0.717) is 0 Å². The molecule has 0 aromatic rings. The van der Waals surface area contributed by atoms with Crippen LogP contribution in [-0.4, -0.2) is 37.0 Å². The monoisotopic (exact) mass is 284 g/mol.